The third-order valence-corrected chi connectivity index (χ3v) is 7.86. The van der Waals surface area contributed by atoms with Gasteiger partial charge in [0.25, 0.3) is 0 Å². The molecule has 1 N–H and O–H groups in total. The van der Waals surface area contributed by atoms with Gasteiger partial charge in [-0.15, -0.1) is 0 Å². The van der Waals surface area contributed by atoms with E-state index < -0.39 is 0 Å². The van der Waals surface area contributed by atoms with Crippen LogP contribution in [0.2, 0.25) is 0 Å². The van der Waals surface area contributed by atoms with E-state index in [1.165, 1.54) is 11.1 Å². The summed E-state index contributed by atoms with van der Waals surface area (Å²) in [4.78, 5) is 26.8. The fraction of sp³-hybridized carbons (Fsp3) is 0.517. The lowest BCUT2D eigenvalue weighted by Gasteiger charge is -2.40. The summed E-state index contributed by atoms with van der Waals surface area (Å²) in [7, 11) is 1.87. The monoisotopic (exact) mass is 531 g/mol. The van der Waals surface area contributed by atoms with Crippen molar-refractivity contribution in [2.75, 3.05) is 38.2 Å². The Hall–Kier alpha value is -3.34. The number of rotatable bonds is 8. The van der Waals surface area contributed by atoms with Crippen molar-refractivity contribution in [1.82, 2.24) is 29.5 Å². The van der Waals surface area contributed by atoms with Gasteiger partial charge in [0, 0.05) is 51.1 Å². The van der Waals surface area contributed by atoms with E-state index >= 15 is 0 Å². The maximum atomic E-state index is 13.2. The van der Waals surface area contributed by atoms with Crippen molar-refractivity contribution in [3.8, 4) is 11.3 Å². The molecule has 206 valence electrons. The molecular weight excluding hydrogens is 494 g/mol. The second kappa shape index (κ2) is 11.0. The van der Waals surface area contributed by atoms with Crippen LogP contribution in [0, 0.1) is 0 Å². The lowest BCUT2D eigenvalue weighted by atomic mass is 9.88. The van der Waals surface area contributed by atoms with E-state index in [9.17, 15) is 4.79 Å². The molecular formula is C29H37N7O3. The van der Waals surface area contributed by atoms with Crippen molar-refractivity contribution < 1.29 is 14.3 Å². The average molecular weight is 532 g/mol. The zero-order valence-electron chi connectivity index (χ0n) is 22.9. The minimum atomic E-state index is 0.164. The number of aromatic nitrogens is 4. The average Bonchev–Trinajstić information content (AvgIpc) is 3.18. The van der Waals surface area contributed by atoms with E-state index in [1.54, 1.807) is 17.1 Å². The van der Waals surface area contributed by atoms with Crippen LogP contribution in [0.1, 0.15) is 43.7 Å². The molecule has 0 aliphatic carbocycles. The Morgan fingerprint density at radius 1 is 1.23 bits per heavy atom. The summed E-state index contributed by atoms with van der Waals surface area (Å²) >= 11 is 0. The van der Waals surface area contributed by atoms with Crippen LogP contribution in [0.3, 0.4) is 0 Å². The smallest absolute Gasteiger partial charge is 0.227 e. The number of nitrogens with zero attached hydrogens (tertiary/aromatic N) is 6. The topological polar surface area (TPSA) is 97.6 Å². The van der Waals surface area contributed by atoms with Gasteiger partial charge >= 0.3 is 0 Å². The van der Waals surface area contributed by atoms with E-state index in [0.29, 0.717) is 31.5 Å². The molecule has 1 amide bonds. The first kappa shape index (κ1) is 25.9. The highest BCUT2D eigenvalue weighted by molar-refractivity contribution is 5.78. The van der Waals surface area contributed by atoms with Crippen LogP contribution in [0.4, 0.5) is 11.6 Å². The molecule has 2 aromatic heterocycles. The van der Waals surface area contributed by atoms with Crippen molar-refractivity contribution in [2.45, 2.75) is 57.4 Å². The van der Waals surface area contributed by atoms with Gasteiger partial charge in [-0.2, -0.15) is 5.10 Å². The molecule has 3 aromatic rings. The molecule has 0 spiro atoms. The number of amides is 1. The molecule has 2 saturated heterocycles. The summed E-state index contributed by atoms with van der Waals surface area (Å²) in [5, 5.41) is 7.43. The number of likely N-dealkylation sites (tertiary alicyclic amines) is 1. The number of anilines is 2. The number of ether oxygens (including phenoxy) is 2. The van der Waals surface area contributed by atoms with Gasteiger partial charge in [-0.3, -0.25) is 14.4 Å². The Balaban J connectivity index is 1.22. The van der Waals surface area contributed by atoms with E-state index in [2.05, 4.69) is 38.5 Å². The zero-order chi connectivity index (χ0) is 26.9. The number of fused-ring (bicyclic) bond motifs is 1. The first-order chi connectivity index (χ1) is 18.9. The number of hydrogen-bond donors (Lipinski definition) is 1. The van der Waals surface area contributed by atoms with Gasteiger partial charge in [-0.25, -0.2) is 9.97 Å². The highest BCUT2D eigenvalue weighted by atomic mass is 16.5. The number of benzene rings is 1. The molecule has 6 rings (SSSR count). The number of carbonyl (C=O) groups excluding carboxylic acids is 1. The standard InChI is InChI=1S/C29H37N7O3/c1-19(2)39-25-15-36(16-25)28(37)11-20-7-9-35(24-17-38-18-24)13-22-10-21(4-5-26(20)22)27-6-8-30-29(33-27)32-23-12-31-34(3)14-23/h4-6,8,10,12,14,19-20,24-25H,7,9,11,13,15-18H2,1-3H3,(H,30,32,33). The Labute approximate surface area is 229 Å². The molecule has 3 aliphatic rings. The van der Waals surface area contributed by atoms with E-state index in [1.807, 2.05) is 38.1 Å². The summed E-state index contributed by atoms with van der Waals surface area (Å²) in [6.07, 6.45) is 7.25. The number of carbonyl (C=O) groups is 1. The first-order valence-corrected chi connectivity index (χ1v) is 13.9. The minimum absolute atomic E-state index is 0.164. The summed E-state index contributed by atoms with van der Waals surface area (Å²) < 4.78 is 13.1. The molecule has 10 nitrogen and oxygen atoms in total. The fourth-order valence-corrected chi connectivity index (χ4v) is 5.68. The maximum Gasteiger partial charge on any atom is 0.227 e. The van der Waals surface area contributed by atoms with Crippen molar-refractivity contribution in [2.24, 2.45) is 7.05 Å². The normalized spacial score (nSPS) is 20.3. The highest BCUT2D eigenvalue weighted by Crippen LogP contribution is 2.36. The van der Waals surface area contributed by atoms with Crippen LogP contribution in [-0.4, -0.2) is 86.6 Å². The Bertz CT molecular complexity index is 1320. The Morgan fingerprint density at radius 3 is 2.79 bits per heavy atom. The highest BCUT2D eigenvalue weighted by Gasteiger charge is 2.35. The van der Waals surface area contributed by atoms with E-state index in [0.717, 1.165) is 49.7 Å². The van der Waals surface area contributed by atoms with Crippen LogP contribution in [0.25, 0.3) is 11.3 Å². The van der Waals surface area contributed by atoms with Gasteiger partial charge in [-0.05, 0) is 56.0 Å². The quantitative estimate of drug-likeness (QED) is 0.473. The van der Waals surface area contributed by atoms with Crippen LogP contribution in [-0.2, 0) is 27.9 Å². The second-order valence-electron chi connectivity index (χ2n) is 11.2. The molecule has 1 atom stereocenters. The van der Waals surface area contributed by atoms with Crippen molar-refractivity contribution in [3.63, 3.8) is 0 Å². The predicted octanol–water partition coefficient (Wildman–Crippen LogP) is 3.33. The predicted molar refractivity (Wildman–Crippen MR) is 148 cm³/mol. The lowest BCUT2D eigenvalue weighted by Crippen LogP contribution is -2.55. The minimum Gasteiger partial charge on any atom is -0.378 e. The molecule has 0 radical (unpaired) electrons. The van der Waals surface area contributed by atoms with Gasteiger partial charge in [-0.1, -0.05) is 12.1 Å². The molecule has 5 heterocycles. The third-order valence-electron chi connectivity index (χ3n) is 7.86. The summed E-state index contributed by atoms with van der Waals surface area (Å²) in [5.41, 5.74) is 5.27. The van der Waals surface area contributed by atoms with Crippen LogP contribution in [0.5, 0.6) is 0 Å². The van der Waals surface area contributed by atoms with Gasteiger partial charge in [0.2, 0.25) is 11.9 Å². The van der Waals surface area contributed by atoms with Gasteiger partial charge in [0.15, 0.2) is 0 Å². The van der Waals surface area contributed by atoms with Crippen LogP contribution >= 0.6 is 0 Å². The van der Waals surface area contributed by atoms with Gasteiger partial charge in [0.05, 0.1) is 49.0 Å². The van der Waals surface area contributed by atoms with Crippen LogP contribution < -0.4 is 5.32 Å². The third kappa shape index (κ3) is 5.83. The number of aryl methyl sites for hydroxylation is 1. The largest absolute Gasteiger partial charge is 0.378 e. The zero-order valence-corrected chi connectivity index (χ0v) is 22.9. The number of nitrogens with one attached hydrogen (secondary N) is 1. The fourth-order valence-electron chi connectivity index (χ4n) is 5.68. The van der Waals surface area contributed by atoms with Crippen molar-refractivity contribution >= 4 is 17.5 Å². The van der Waals surface area contributed by atoms with Crippen molar-refractivity contribution in [1.29, 1.82) is 0 Å². The lowest BCUT2D eigenvalue weighted by molar-refractivity contribution is -0.148. The Morgan fingerprint density at radius 2 is 2.08 bits per heavy atom. The SMILES string of the molecule is CC(C)OC1CN(C(=O)CC2CCN(C3COC3)Cc3cc(-c4ccnc(Nc5cnn(C)c5)n4)ccc32)C1. The summed E-state index contributed by atoms with van der Waals surface area (Å²) in [5.74, 6) is 0.938. The molecule has 39 heavy (non-hydrogen) atoms. The van der Waals surface area contributed by atoms with E-state index in [4.69, 9.17) is 14.5 Å². The Kier molecular flexibility index (Phi) is 7.33. The molecule has 1 unspecified atom stereocenters. The maximum absolute atomic E-state index is 13.2. The van der Waals surface area contributed by atoms with Crippen LogP contribution in [0.15, 0.2) is 42.9 Å². The molecule has 10 heteroatoms. The molecule has 0 saturated carbocycles. The number of hydrogen-bond acceptors (Lipinski definition) is 8. The van der Waals surface area contributed by atoms with Crippen molar-refractivity contribution in [3.05, 3.63) is 54.0 Å². The van der Waals surface area contributed by atoms with Gasteiger partial charge < -0.3 is 19.7 Å². The summed E-state index contributed by atoms with van der Waals surface area (Å²) in [6.45, 7) is 8.84. The van der Waals surface area contributed by atoms with E-state index in [-0.39, 0.29) is 24.0 Å². The first-order valence-electron chi connectivity index (χ1n) is 13.9. The molecule has 0 bridgehead atoms. The molecule has 2 fully saturated rings. The second-order valence-corrected chi connectivity index (χ2v) is 11.2. The van der Waals surface area contributed by atoms with Gasteiger partial charge in [0.1, 0.15) is 0 Å². The molecule has 3 aliphatic heterocycles. The molecule has 1 aromatic carbocycles. The summed E-state index contributed by atoms with van der Waals surface area (Å²) in [6, 6.07) is 8.96.